The van der Waals surface area contributed by atoms with Crippen molar-refractivity contribution in [3.63, 3.8) is 0 Å². The Kier molecular flexibility index (Phi) is 5.00. The minimum Gasteiger partial charge on any atom is -0.465 e. The summed E-state index contributed by atoms with van der Waals surface area (Å²) in [6.45, 7) is 6.82. The zero-order valence-electron chi connectivity index (χ0n) is 14.0. The van der Waals surface area contributed by atoms with Gasteiger partial charge in [-0.25, -0.2) is 4.79 Å². The second-order valence-electron chi connectivity index (χ2n) is 6.10. The fraction of sp³-hybridized carbons (Fsp3) is 0.316. The number of benzene rings is 2. The number of aryl methyl sites for hydroxylation is 2. The van der Waals surface area contributed by atoms with E-state index in [4.69, 9.17) is 5.11 Å². The van der Waals surface area contributed by atoms with Crippen molar-refractivity contribution in [2.24, 2.45) is 0 Å². The Balaban J connectivity index is 1.80. The van der Waals surface area contributed by atoms with Gasteiger partial charge in [-0.2, -0.15) is 0 Å². The Labute approximate surface area is 147 Å². The van der Waals surface area contributed by atoms with Crippen molar-refractivity contribution in [1.82, 2.24) is 4.90 Å². The second-order valence-corrected chi connectivity index (χ2v) is 7.18. The fourth-order valence-corrected chi connectivity index (χ4v) is 4.02. The molecule has 1 N–H and O–H groups in total. The number of carbonyl (C=O) groups is 1. The highest BCUT2D eigenvalue weighted by atomic mass is 32.2. The first-order valence-corrected chi connectivity index (χ1v) is 8.93. The van der Waals surface area contributed by atoms with E-state index in [2.05, 4.69) is 55.1 Å². The Morgan fingerprint density at radius 1 is 1.00 bits per heavy atom. The number of amides is 1. The quantitative estimate of drug-likeness (QED) is 0.905. The van der Waals surface area contributed by atoms with Crippen LogP contribution < -0.4 is 4.90 Å². The van der Waals surface area contributed by atoms with E-state index in [-0.39, 0.29) is 0 Å². The van der Waals surface area contributed by atoms with Crippen LogP contribution in [-0.2, 0) is 0 Å². The van der Waals surface area contributed by atoms with Gasteiger partial charge in [-0.15, -0.1) is 0 Å². The molecule has 1 saturated heterocycles. The average molecular weight is 342 g/mol. The lowest BCUT2D eigenvalue weighted by Gasteiger charge is -2.35. The van der Waals surface area contributed by atoms with Gasteiger partial charge in [0.2, 0.25) is 0 Å². The predicted molar refractivity (Wildman–Crippen MR) is 98.3 cm³/mol. The molecule has 0 aromatic heterocycles. The standard InChI is InChI=1S/C19H22N2O2S/c1-14-7-8-17(15(2)13-14)24-18-6-4-3-5-16(18)20-9-11-21(12-10-20)19(22)23/h3-8,13H,9-12H2,1-2H3,(H,22,23). The lowest BCUT2D eigenvalue weighted by atomic mass is 10.2. The van der Waals surface area contributed by atoms with E-state index >= 15 is 0 Å². The summed E-state index contributed by atoms with van der Waals surface area (Å²) in [4.78, 5) is 17.3. The third-order valence-corrected chi connectivity index (χ3v) is 5.55. The van der Waals surface area contributed by atoms with Crippen molar-refractivity contribution < 1.29 is 9.90 Å². The van der Waals surface area contributed by atoms with Crippen LogP contribution in [0.4, 0.5) is 10.5 Å². The first-order valence-electron chi connectivity index (χ1n) is 8.11. The van der Waals surface area contributed by atoms with Crippen molar-refractivity contribution in [3.05, 3.63) is 53.6 Å². The summed E-state index contributed by atoms with van der Waals surface area (Å²) in [5.41, 5.74) is 3.74. The third kappa shape index (κ3) is 3.67. The molecule has 2 aromatic carbocycles. The number of rotatable bonds is 3. The molecular formula is C19H22N2O2S. The Morgan fingerprint density at radius 2 is 1.71 bits per heavy atom. The van der Waals surface area contributed by atoms with E-state index in [1.807, 2.05) is 6.07 Å². The van der Waals surface area contributed by atoms with Gasteiger partial charge in [-0.3, -0.25) is 0 Å². The molecule has 1 fully saturated rings. The van der Waals surface area contributed by atoms with Gasteiger partial charge in [0, 0.05) is 36.0 Å². The van der Waals surface area contributed by atoms with Crippen molar-refractivity contribution in [2.75, 3.05) is 31.1 Å². The second kappa shape index (κ2) is 7.18. The molecule has 1 aliphatic rings. The zero-order valence-corrected chi connectivity index (χ0v) is 14.8. The number of para-hydroxylation sites is 1. The molecule has 126 valence electrons. The Hall–Kier alpha value is -2.14. The van der Waals surface area contributed by atoms with Gasteiger partial charge >= 0.3 is 6.09 Å². The molecule has 2 aromatic rings. The zero-order chi connectivity index (χ0) is 17.1. The molecule has 0 radical (unpaired) electrons. The summed E-state index contributed by atoms with van der Waals surface area (Å²) in [6.07, 6.45) is -0.826. The maximum absolute atomic E-state index is 11.1. The van der Waals surface area contributed by atoms with Gasteiger partial charge in [-0.1, -0.05) is 41.6 Å². The van der Waals surface area contributed by atoms with Crippen LogP contribution in [0, 0.1) is 13.8 Å². The highest BCUT2D eigenvalue weighted by molar-refractivity contribution is 7.99. The van der Waals surface area contributed by atoms with Gasteiger partial charge in [-0.05, 0) is 37.6 Å². The normalized spacial score (nSPS) is 14.8. The molecule has 1 aliphatic heterocycles. The number of nitrogens with zero attached hydrogens (tertiary/aromatic N) is 2. The monoisotopic (exact) mass is 342 g/mol. The molecule has 1 heterocycles. The summed E-state index contributed by atoms with van der Waals surface area (Å²) in [5.74, 6) is 0. The molecule has 24 heavy (non-hydrogen) atoms. The fourth-order valence-electron chi connectivity index (χ4n) is 2.98. The molecule has 0 saturated carbocycles. The van der Waals surface area contributed by atoms with Crippen LogP contribution in [-0.4, -0.2) is 42.3 Å². The molecule has 5 heteroatoms. The van der Waals surface area contributed by atoms with Gasteiger partial charge in [0.05, 0.1) is 5.69 Å². The van der Waals surface area contributed by atoms with Crippen LogP contribution >= 0.6 is 11.8 Å². The minimum atomic E-state index is -0.826. The number of carboxylic acid groups (broad SMARTS) is 1. The van der Waals surface area contributed by atoms with E-state index in [1.54, 1.807) is 11.8 Å². The van der Waals surface area contributed by atoms with Crippen molar-refractivity contribution in [3.8, 4) is 0 Å². The van der Waals surface area contributed by atoms with Crippen LogP contribution in [0.15, 0.2) is 52.3 Å². The van der Waals surface area contributed by atoms with E-state index in [9.17, 15) is 4.79 Å². The maximum Gasteiger partial charge on any atom is 0.407 e. The van der Waals surface area contributed by atoms with Crippen LogP contribution in [0.3, 0.4) is 0 Å². The highest BCUT2D eigenvalue weighted by Crippen LogP contribution is 2.37. The van der Waals surface area contributed by atoms with Crippen LogP contribution in [0.2, 0.25) is 0 Å². The van der Waals surface area contributed by atoms with Gasteiger partial charge in [0.15, 0.2) is 0 Å². The van der Waals surface area contributed by atoms with E-state index in [0.29, 0.717) is 13.1 Å². The number of hydrogen-bond acceptors (Lipinski definition) is 3. The lowest BCUT2D eigenvalue weighted by Crippen LogP contribution is -2.48. The molecule has 0 bridgehead atoms. The largest absolute Gasteiger partial charge is 0.465 e. The maximum atomic E-state index is 11.1. The molecule has 4 nitrogen and oxygen atoms in total. The summed E-state index contributed by atoms with van der Waals surface area (Å²) >= 11 is 1.78. The SMILES string of the molecule is Cc1ccc(Sc2ccccc2N2CCN(C(=O)O)CC2)c(C)c1. The van der Waals surface area contributed by atoms with E-state index in [1.165, 1.54) is 31.5 Å². The van der Waals surface area contributed by atoms with E-state index < -0.39 is 6.09 Å². The van der Waals surface area contributed by atoms with Crippen LogP contribution in [0.25, 0.3) is 0 Å². The van der Waals surface area contributed by atoms with Crippen LogP contribution in [0.5, 0.6) is 0 Å². The first-order chi connectivity index (χ1) is 11.5. The number of hydrogen-bond donors (Lipinski definition) is 1. The molecular weight excluding hydrogens is 320 g/mol. The summed E-state index contributed by atoms with van der Waals surface area (Å²) < 4.78 is 0. The van der Waals surface area contributed by atoms with Gasteiger partial charge in [0.25, 0.3) is 0 Å². The Morgan fingerprint density at radius 3 is 2.38 bits per heavy atom. The third-order valence-electron chi connectivity index (χ3n) is 4.31. The van der Waals surface area contributed by atoms with Crippen molar-refractivity contribution >= 4 is 23.5 Å². The molecule has 3 rings (SSSR count). The molecule has 0 aliphatic carbocycles. The number of anilines is 1. The summed E-state index contributed by atoms with van der Waals surface area (Å²) in [6, 6.07) is 14.9. The molecule has 0 unspecified atom stereocenters. The average Bonchev–Trinajstić information content (AvgIpc) is 2.58. The van der Waals surface area contributed by atoms with Crippen molar-refractivity contribution in [1.29, 1.82) is 0 Å². The van der Waals surface area contributed by atoms with Crippen molar-refractivity contribution in [2.45, 2.75) is 23.6 Å². The lowest BCUT2D eigenvalue weighted by molar-refractivity contribution is 0.142. The number of piperazine rings is 1. The topological polar surface area (TPSA) is 43.8 Å². The summed E-state index contributed by atoms with van der Waals surface area (Å²) in [7, 11) is 0. The Bertz CT molecular complexity index is 740. The van der Waals surface area contributed by atoms with E-state index in [0.717, 1.165) is 13.1 Å². The molecule has 0 spiro atoms. The molecule has 0 atom stereocenters. The highest BCUT2D eigenvalue weighted by Gasteiger charge is 2.22. The predicted octanol–water partition coefficient (Wildman–Crippen LogP) is 4.25. The molecule has 1 amide bonds. The van der Waals surface area contributed by atoms with Crippen LogP contribution in [0.1, 0.15) is 11.1 Å². The first kappa shape index (κ1) is 16.7. The minimum absolute atomic E-state index is 0.553. The van der Waals surface area contributed by atoms with Gasteiger partial charge in [0.1, 0.15) is 0 Å². The van der Waals surface area contributed by atoms with Gasteiger partial charge < -0.3 is 14.9 Å². The smallest absolute Gasteiger partial charge is 0.407 e. The summed E-state index contributed by atoms with van der Waals surface area (Å²) in [5, 5.41) is 9.10.